The third-order valence-corrected chi connectivity index (χ3v) is 4.13. The molecule has 1 unspecified atom stereocenters. The second-order valence-electron chi connectivity index (χ2n) is 5.41. The van der Waals surface area contributed by atoms with Crippen LogP contribution in [0.25, 0.3) is 0 Å². The minimum absolute atomic E-state index is 0.0437. The van der Waals surface area contributed by atoms with Crippen LogP contribution in [0.1, 0.15) is 59.3 Å². The SMILES string of the molecule is CCCCC(SCCCCC(F)F)C(=O)OCC(C)C. The fourth-order valence-corrected chi connectivity index (χ4v) is 2.82. The first kappa shape index (κ1) is 19.7. The van der Waals surface area contributed by atoms with E-state index in [4.69, 9.17) is 4.74 Å². The van der Waals surface area contributed by atoms with Gasteiger partial charge in [-0.05, 0) is 30.9 Å². The lowest BCUT2D eigenvalue weighted by atomic mass is 10.2. The maximum Gasteiger partial charge on any atom is 0.319 e. The molecule has 0 aliphatic rings. The molecule has 0 aliphatic carbocycles. The van der Waals surface area contributed by atoms with E-state index in [1.54, 1.807) is 11.8 Å². The number of rotatable bonds is 12. The van der Waals surface area contributed by atoms with Crippen molar-refractivity contribution in [2.24, 2.45) is 5.92 Å². The molecule has 120 valence electrons. The zero-order valence-corrected chi connectivity index (χ0v) is 13.7. The highest BCUT2D eigenvalue weighted by atomic mass is 32.2. The van der Waals surface area contributed by atoms with Crippen molar-refractivity contribution in [2.75, 3.05) is 12.4 Å². The number of carbonyl (C=O) groups excluding carboxylic acids is 1. The van der Waals surface area contributed by atoms with Gasteiger partial charge in [0.2, 0.25) is 6.43 Å². The van der Waals surface area contributed by atoms with Crippen LogP contribution in [-0.2, 0) is 9.53 Å². The highest BCUT2D eigenvalue weighted by Gasteiger charge is 2.20. The van der Waals surface area contributed by atoms with Crippen LogP contribution in [0.4, 0.5) is 8.78 Å². The van der Waals surface area contributed by atoms with Gasteiger partial charge in [-0.15, -0.1) is 11.8 Å². The van der Waals surface area contributed by atoms with Crippen LogP contribution in [0.15, 0.2) is 0 Å². The second-order valence-corrected chi connectivity index (χ2v) is 6.72. The summed E-state index contributed by atoms with van der Waals surface area (Å²) in [7, 11) is 0. The number of alkyl halides is 2. The third kappa shape index (κ3) is 11.5. The average molecular weight is 310 g/mol. The first-order chi connectivity index (χ1) is 9.47. The average Bonchev–Trinajstić information content (AvgIpc) is 2.38. The molecule has 0 heterocycles. The molecule has 0 saturated carbocycles. The largest absolute Gasteiger partial charge is 0.465 e. The van der Waals surface area contributed by atoms with Crippen LogP contribution >= 0.6 is 11.8 Å². The fraction of sp³-hybridized carbons (Fsp3) is 0.933. The number of ether oxygens (including phenoxy) is 1. The lowest BCUT2D eigenvalue weighted by Crippen LogP contribution is -2.22. The van der Waals surface area contributed by atoms with Gasteiger partial charge in [0.25, 0.3) is 0 Å². The van der Waals surface area contributed by atoms with Crippen LogP contribution in [0.3, 0.4) is 0 Å². The van der Waals surface area contributed by atoms with Gasteiger partial charge in [-0.2, -0.15) is 0 Å². The van der Waals surface area contributed by atoms with E-state index in [0.717, 1.165) is 31.4 Å². The monoisotopic (exact) mass is 310 g/mol. The van der Waals surface area contributed by atoms with Gasteiger partial charge in [0.15, 0.2) is 0 Å². The number of hydrogen-bond acceptors (Lipinski definition) is 3. The Balaban J connectivity index is 3.97. The molecule has 0 aliphatic heterocycles. The summed E-state index contributed by atoms with van der Waals surface area (Å²) in [6.45, 7) is 6.55. The molecular weight excluding hydrogens is 282 g/mol. The number of unbranched alkanes of at least 4 members (excludes halogenated alkanes) is 2. The summed E-state index contributed by atoms with van der Waals surface area (Å²) >= 11 is 1.55. The lowest BCUT2D eigenvalue weighted by molar-refractivity contribution is -0.144. The Morgan fingerprint density at radius 2 is 1.85 bits per heavy atom. The molecule has 5 heteroatoms. The van der Waals surface area contributed by atoms with Gasteiger partial charge >= 0.3 is 5.97 Å². The van der Waals surface area contributed by atoms with E-state index in [1.165, 1.54) is 0 Å². The Labute approximate surface area is 126 Å². The van der Waals surface area contributed by atoms with Crippen LogP contribution in [0.5, 0.6) is 0 Å². The fourth-order valence-electron chi connectivity index (χ4n) is 1.63. The summed E-state index contributed by atoms with van der Waals surface area (Å²) in [6, 6.07) is 0. The molecule has 0 aromatic heterocycles. The molecule has 2 nitrogen and oxygen atoms in total. The number of hydrogen-bond donors (Lipinski definition) is 0. The van der Waals surface area contributed by atoms with Crippen molar-refractivity contribution in [3.8, 4) is 0 Å². The molecule has 0 radical (unpaired) electrons. The first-order valence-electron chi connectivity index (χ1n) is 7.53. The molecule has 0 fully saturated rings. The molecule has 0 amide bonds. The van der Waals surface area contributed by atoms with Crippen molar-refractivity contribution in [3.05, 3.63) is 0 Å². The molecule has 0 aromatic rings. The van der Waals surface area contributed by atoms with Crippen LogP contribution in [0, 0.1) is 5.92 Å². The minimum Gasteiger partial charge on any atom is -0.465 e. The van der Waals surface area contributed by atoms with E-state index < -0.39 is 6.43 Å². The Kier molecular flexibility index (Phi) is 12.2. The summed E-state index contributed by atoms with van der Waals surface area (Å²) in [4.78, 5) is 12.0. The standard InChI is InChI=1S/C15H28F2O2S/c1-4-5-8-13(15(18)19-11-12(2)3)20-10-7-6-9-14(16)17/h12-14H,4-11H2,1-3H3. The summed E-state index contributed by atoms with van der Waals surface area (Å²) in [5.41, 5.74) is 0. The Morgan fingerprint density at radius 3 is 2.40 bits per heavy atom. The number of esters is 1. The van der Waals surface area contributed by atoms with E-state index in [1.807, 2.05) is 13.8 Å². The van der Waals surface area contributed by atoms with Gasteiger partial charge in [0.05, 0.1) is 6.61 Å². The molecule has 0 rings (SSSR count). The van der Waals surface area contributed by atoms with E-state index in [-0.39, 0.29) is 17.6 Å². The van der Waals surface area contributed by atoms with Crippen molar-refractivity contribution in [1.29, 1.82) is 0 Å². The molecule has 20 heavy (non-hydrogen) atoms. The molecule has 0 N–H and O–H groups in total. The zero-order valence-electron chi connectivity index (χ0n) is 12.9. The normalized spacial score (nSPS) is 12.9. The maximum atomic E-state index is 12.0. The van der Waals surface area contributed by atoms with Crippen molar-refractivity contribution >= 4 is 17.7 Å². The summed E-state index contributed by atoms with van der Waals surface area (Å²) < 4.78 is 29.3. The minimum atomic E-state index is -2.22. The van der Waals surface area contributed by atoms with Gasteiger partial charge in [-0.25, -0.2) is 8.78 Å². The Morgan fingerprint density at radius 1 is 1.15 bits per heavy atom. The number of thioether (sulfide) groups is 1. The summed E-state index contributed by atoms with van der Waals surface area (Å²) in [5, 5.41) is -0.139. The van der Waals surface area contributed by atoms with E-state index >= 15 is 0 Å². The smallest absolute Gasteiger partial charge is 0.319 e. The van der Waals surface area contributed by atoms with Crippen molar-refractivity contribution in [1.82, 2.24) is 0 Å². The lowest BCUT2D eigenvalue weighted by Gasteiger charge is -2.16. The third-order valence-electron chi connectivity index (χ3n) is 2.78. The van der Waals surface area contributed by atoms with Gasteiger partial charge < -0.3 is 4.74 Å². The number of carbonyl (C=O) groups is 1. The molecule has 0 aromatic carbocycles. The Hall–Kier alpha value is -0.320. The van der Waals surface area contributed by atoms with Crippen molar-refractivity contribution in [3.63, 3.8) is 0 Å². The van der Waals surface area contributed by atoms with Crippen LogP contribution in [-0.4, -0.2) is 30.0 Å². The molecule has 0 saturated heterocycles. The van der Waals surface area contributed by atoms with Crippen molar-refractivity contribution < 1.29 is 18.3 Å². The first-order valence-corrected chi connectivity index (χ1v) is 8.58. The molecule has 0 spiro atoms. The van der Waals surface area contributed by atoms with E-state index in [9.17, 15) is 13.6 Å². The Bertz CT molecular complexity index is 248. The predicted octanol–water partition coefficient (Wildman–Crippen LogP) is 4.91. The predicted molar refractivity (Wildman–Crippen MR) is 81.4 cm³/mol. The van der Waals surface area contributed by atoms with E-state index in [0.29, 0.717) is 18.9 Å². The maximum absolute atomic E-state index is 12.0. The topological polar surface area (TPSA) is 26.3 Å². The van der Waals surface area contributed by atoms with Crippen molar-refractivity contribution in [2.45, 2.75) is 71.0 Å². The highest BCUT2D eigenvalue weighted by molar-refractivity contribution is 8.00. The van der Waals surface area contributed by atoms with Gasteiger partial charge in [0.1, 0.15) is 5.25 Å². The molecule has 0 bridgehead atoms. The number of halogens is 2. The van der Waals surface area contributed by atoms with Crippen LogP contribution in [0.2, 0.25) is 0 Å². The van der Waals surface area contributed by atoms with Gasteiger partial charge in [-0.1, -0.05) is 33.6 Å². The van der Waals surface area contributed by atoms with Gasteiger partial charge in [0, 0.05) is 6.42 Å². The van der Waals surface area contributed by atoms with E-state index in [2.05, 4.69) is 6.92 Å². The summed E-state index contributed by atoms with van der Waals surface area (Å²) in [5.74, 6) is 0.936. The molecular formula is C15H28F2O2S. The molecule has 1 atom stereocenters. The quantitative estimate of drug-likeness (QED) is 0.378. The second kappa shape index (κ2) is 12.4. The zero-order chi connectivity index (χ0) is 15.4. The summed E-state index contributed by atoms with van der Waals surface area (Å²) in [6.07, 6.45) is 1.84. The highest BCUT2D eigenvalue weighted by Crippen LogP contribution is 2.21. The van der Waals surface area contributed by atoms with Gasteiger partial charge in [-0.3, -0.25) is 4.79 Å². The van der Waals surface area contributed by atoms with Crippen LogP contribution < -0.4 is 0 Å².